The third kappa shape index (κ3) is 3.96. The minimum absolute atomic E-state index is 0.0838. The van der Waals surface area contributed by atoms with Crippen LogP contribution in [0.15, 0.2) is 22.7 Å². The van der Waals surface area contributed by atoms with Crippen molar-refractivity contribution in [2.75, 3.05) is 20.2 Å². The van der Waals surface area contributed by atoms with Crippen molar-refractivity contribution in [2.45, 2.75) is 12.8 Å². The number of methoxy groups -OCH3 is 1. The number of carbonyl (C=O) groups is 2. The highest BCUT2D eigenvalue weighted by Crippen LogP contribution is 2.28. The first-order chi connectivity index (χ1) is 9.61. The first kappa shape index (κ1) is 14.8. The maximum Gasteiger partial charge on any atom is 0.255 e. The Morgan fingerprint density at radius 2 is 2.00 bits per heavy atom. The summed E-state index contributed by atoms with van der Waals surface area (Å²) in [5, 5.41) is 5.56. The minimum atomic E-state index is -0.213. The van der Waals surface area contributed by atoms with Crippen LogP contribution in [0.2, 0.25) is 0 Å². The predicted octanol–water partition coefficient (Wildman–Crippen LogP) is 1.71. The second-order valence-corrected chi connectivity index (χ2v) is 5.58. The van der Waals surface area contributed by atoms with Crippen LogP contribution < -0.4 is 15.4 Å². The molecule has 0 radical (unpaired) electrons. The molecule has 0 spiro atoms. The molecule has 5 nitrogen and oxygen atoms in total. The summed E-state index contributed by atoms with van der Waals surface area (Å²) >= 11 is 3.33. The average molecular weight is 341 g/mol. The number of rotatable bonds is 6. The molecule has 0 heterocycles. The summed E-state index contributed by atoms with van der Waals surface area (Å²) < 4.78 is 6.02. The van der Waals surface area contributed by atoms with Gasteiger partial charge in [-0.1, -0.05) is 15.9 Å². The van der Waals surface area contributed by atoms with E-state index in [4.69, 9.17) is 4.74 Å². The number of hydrogen-bond acceptors (Lipinski definition) is 3. The molecular weight excluding hydrogens is 324 g/mol. The summed E-state index contributed by atoms with van der Waals surface area (Å²) in [4.78, 5) is 23.4. The van der Waals surface area contributed by atoms with E-state index in [1.54, 1.807) is 18.2 Å². The van der Waals surface area contributed by atoms with Crippen molar-refractivity contribution in [3.8, 4) is 5.75 Å². The first-order valence-electron chi connectivity index (χ1n) is 6.51. The molecule has 0 aromatic heterocycles. The maximum absolute atomic E-state index is 12.0. The van der Waals surface area contributed by atoms with E-state index < -0.39 is 0 Å². The van der Waals surface area contributed by atoms with Crippen LogP contribution in [-0.4, -0.2) is 32.0 Å². The first-order valence-corrected chi connectivity index (χ1v) is 7.30. The number of ether oxygens (including phenoxy) is 1. The Kier molecular flexibility index (Phi) is 5.00. The third-order valence-corrected chi connectivity index (χ3v) is 3.56. The molecular formula is C14H17BrN2O3. The summed E-state index contributed by atoms with van der Waals surface area (Å²) in [6.45, 7) is 0.844. The van der Waals surface area contributed by atoms with Gasteiger partial charge in [0.15, 0.2) is 0 Å². The lowest BCUT2D eigenvalue weighted by Crippen LogP contribution is -2.35. The smallest absolute Gasteiger partial charge is 0.255 e. The summed E-state index contributed by atoms with van der Waals surface area (Å²) in [7, 11) is 1.52. The van der Waals surface area contributed by atoms with Gasteiger partial charge < -0.3 is 15.4 Å². The lowest BCUT2D eigenvalue weighted by atomic mass is 10.2. The van der Waals surface area contributed by atoms with E-state index in [0.717, 1.165) is 17.3 Å². The van der Waals surface area contributed by atoms with Crippen molar-refractivity contribution in [2.24, 2.45) is 5.92 Å². The highest BCUT2D eigenvalue weighted by molar-refractivity contribution is 9.10. The molecule has 1 aliphatic rings. The summed E-state index contributed by atoms with van der Waals surface area (Å²) in [6.07, 6.45) is 1.96. The van der Waals surface area contributed by atoms with Crippen molar-refractivity contribution < 1.29 is 14.3 Å². The van der Waals surface area contributed by atoms with Gasteiger partial charge in [0.05, 0.1) is 12.7 Å². The van der Waals surface area contributed by atoms with E-state index in [0.29, 0.717) is 24.4 Å². The fourth-order valence-corrected chi connectivity index (χ4v) is 2.14. The Balaban J connectivity index is 1.80. The second kappa shape index (κ2) is 6.74. The van der Waals surface area contributed by atoms with Crippen LogP contribution >= 0.6 is 15.9 Å². The Labute approximate surface area is 126 Å². The van der Waals surface area contributed by atoms with Crippen LogP contribution in [0, 0.1) is 5.92 Å². The van der Waals surface area contributed by atoms with Crippen LogP contribution in [0.3, 0.4) is 0 Å². The van der Waals surface area contributed by atoms with Crippen LogP contribution in [0.25, 0.3) is 0 Å². The Morgan fingerprint density at radius 1 is 1.30 bits per heavy atom. The summed E-state index contributed by atoms with van der Waals surface area (Å²) in [6, 6.07) is 5.22. The van der Waals surface area contributed by atoms with Gasteiger partial charge in [-0.15, -0.1) is 0 Å². The van der Waals surface area contributed by atoms with E-state index in [1.807, 2.05) is 0 Å². The van der Waals surface area contributed by atoms with Crippen LogP contribution in [0.1, 0.15) is 23.2 Å². The summed E-state index contributed by atoms with van der Waals surface area (Å²) in [5.74, 6) is 0.576. The number of nitrogens with one attached hydrogen (secondary N) is 2. The molecule has 0 saturated heterocycles. The SMILES string of the molecule is COc1cc(Br)ccc1C(=O)NCCNC(=O)C1CC1. The average Bonchev–Trinajstić information content (AvgIpc) is 3.27. The Morgan fingerprint density at radius 3 is 2.65 bits per heavy atom. The molecule has 2 N–H and O–H groups in total. The normalized spacial score (nSPS) is 13.7. The lowest BCUT2D eigenvalue weighted by Gasteiger charge is -2.10. The molecule has 1 aromatic rings. The zero-order valence-corrected chi connectivity index (χ0v) is 12.8. The largest absolute Gasteiger partial charge is 0.496 e. The highest BCUT2D eigenvalue weighted by Gasteiger charge is 2.29. The Hall–Kier alpha value is -1.56. The predicted molar refractivity (Wildman–Crippen MR) is 78.8 cm³/mol. The van der Waals surface area contributed by atoms with Gasteiger partial charge in [0.2, 0.25) is 5.91 Å². The molecule has 2 rings (SSSR count). The van der Waals surface area contributed by atoms with E-state index in [2.05, 4.69) is 26.6 Å². The fraction of sp³-hybridized carbons (Fsp3) is 0.429. The number of hydrogen-bond donors (Lipinski definition) is 2. The number of halogens is 1. The molecule has 0 aliphatic heterocycles. The number of amides is 2. The van der Waals surface area contributed by atoms with Crippen molar-refractivity contribution >= 4 is 27.7 Å². The van der Waals surface area contributed by atoms with E-state index in [-0.39, 0.29) is 17.7 Å². The summed E-state index contributed by atoms with van der Waals surface area (Å²) in [5.41, 5.74) is 0.476. The van der Waals surface area contributed by atoms with Crippen LogP contribution in [0.4, 0.5) is 0 Å². The van der Waals surface area contributed by atoms with Crippen molar-refractivity contribution in [1.82, 2.24) is 10.6 Å². The van der Waals surface area contributed by atoms with Gasteiger partial charge >= 0.3 is 0 Å². The van der Waals surface area contributed by atoms with Gasteiger partial charge in [-0.3, -0.25) is 9.59 Å². The van der Waals surface area contributed by atoms with Crippen LogP contribution in [-0.2, 0) is 4.79 Å². The molecule has 20 heavy (non-hydrogen) atoms. The van der Waals surface area contributed by atoms with Crippen LogP contribution in [0.5, 0.6) is 5.75 Å². The van der Waals surface area contributed by atoms with Gasteiger partial charge in [-0.2, -0.15) is 0 Å². The van der Waals surface area contributed by atoms with Gasteiger partial charge in [0.25, 0.3) is 5.91 Å². The van der Waals surface area contributed by atoms with Gasteiger partial charge in [-0.05, 0) is 31.0 Å². The molecule has 2 amide bonds. The Bertz CT molecular complexity index is 515. The number of benzene rings is 1. The molecule has 6 heteroatoms. The van der Waals surface area contributed by atoms with Gasteiger partial charge in [0.1, 0.15) is 5.75 Å². The molecule has 1 aromatic carbocycles. The molecule has 0 unspecified atom stereocenters. The van der Waals surface area contributed by atoms with Gasteiger partial charge in [-0.25, -0.2) is 0 Å². The molecule has 1 fully saturated rings. The molecule has 0 atom stereocenters. The van der Waals surface area contributed by atoms with Crippen molar-refractivity contribution in [3.63, 3.8) is 0 Å². The van der Waals surface area contributed by atoms with E-state index >= 15 is 0 Å². The second-order valence-electron chi connectivity index (χ2n) is 4.67. The van der Waals surface area contributed by atoms with E-state index in [9.17, 15) is 9.59 Å². The minimum Gasteiger partial charge on any atom is -0.496 e. The molecule has 0 bridgehead atoms. The zero-order chi connectivity index (χ0) is 14.5. The maximum atomic E-state index is 12.0. The highest BCUT2D eigenvalue weighted by atomic mass is 79.9. The third-order valence-electron chi connectivity index (χ3n) is 3.07. The number of carbonyl (C=O) groups excluding carboxylic acids is 2. The van der Waals surface area contributed by atoms with Crippen molar-refractivity contribution in [3.05, 3.63) is 28.2 Å². The lowest BCUT2D eigenvalue weighted by molar-refractivity contribution is -0.122. The molecule has 1 aliphatic carbocycles. The quantitative estimate of drug-likeness (QED) is 0.774. The molecule has 108 valence electrons. The zero-order valence-electron chi connectivity index (χ0n) is 11.2. The topological polar surface area (TPSA) is 67.4 Å². The molecule has 1 saturated carbocycles. The fourth-order valence-electron chi connectivity index (χ4n) is 1.80. The van der Waals surface area contributed by atoms with Crippen molar-refractivity contribution in [1.29, 1.82) is 0 Å². The van der Waals surface area contributed by atoms with Gasteiger partial charge in [0, 0.05) is 23.5 Å². The monoisotopic (exact) mass is 340 g/mol. The van der Waals surface area contributed by atoms with E-state index in [1.165, 1.54) is 7.11 Å². The standard InChI is InChI=1S/C14H17BrN2O3/c1-20-12-8-10(15)4-5-11(12)14(19)17-7-6-16-13(18)9-2-3-9/h4-5,8-9H,2-3,6-7H2,1H3,(H,16,18)(H,17,19).